The summed E-state index contributed by atoms with van der Waals surface area (Å²) in [5, 5.41) is 4.54. The fourth-order valence-corrected chi connectivity index (χ4v) is 2.49. The molecule has 5 nitrogen and oxygen atoms in total. The standard InChI is InChI=1S/C19H19N5/c1-3-12-23(13-17-9-7-8-16(2)21-17)14-19-20-15-24(22-19)18-10-5-4-6-11-18/h1,4-11,15H,12-14H2,2H3. The van der Waals surface area contributed by atoms with Crippen molar-refractivity contribution < 1.29 is 0 Å². The molecule has 1 aromatic carbocycles. The van der Waals surface area contributed by atoms with Crippen LogP contribution in [0.15, 0.2) is 54.9 Å². The molecule has 0 aliphatic heterocycles. The fourth-order valence-electron chi connectivity index (χ4n) is 2.49. The minimum Gasteiger partial charge on any atom is -0.279 e. The Labute approximate surface area is 142 Å². The van der Waals surface area contributed by atoms with Crippen LogP contribution in [0.3, 0.4) is 0 Å². The predicted octanol–water partition coefficient (Wildman–Crippen LogP) is 2.61. The molecule has 0 atom stereocenters. The Morgan fingerprint density at radius 1 is 1.08 bits per heavy atom. The van der Waals surface area contributed by atoms with Gasteiger partial charge in [0, 0.05) is 12.2 Å². The van der Waals surface area contributed by atoms with E-state index in [4.69, 9.17) is 6.42 Å². The summed E-state index contributed by atoms with van der Waals surface area (Å²) in [7, 11) is 0. The molecule has 0 fully saturated rings. The van der Waals surface area contributed by atoms with Crippen LogP contribution in [-0.4, -0.2) is 31.2 Å². The normalized spacial score (nSPS) is 10.7. The van der Waals surface area contributed by atoms with E-state index in [9.17, 15) is 0 Å². The number of terminal acetylenes is 1. The largest absolute Gasteiger partial charge is 0.279 e. The topological polar surface area (TPSA) is 46.8 Å². The lowest BCUT2D eigenvalue weighted by molar-refractivity contribution is 0.279. The lowest BCUT2D eigenvalue weighted by atomic mass is 10.3. The van der Waals surface area contributed by atoms with Crippen LogP contribution in [0.2, 0.25) is 0 Å². The number of rotatable bonds is 6. The first-order valence-electron chi connectivity index (χ1n) is 7.79. The maximum atomic E-state index is 5.50. The van der Waals surface area contributed by atoms with Gasteiger partial charge in [-0.15, -0.1) is 11.5 Å². The molecule has 0 bridgehead atoms. The van der Waals surface area contributed by atoms with Crippen LogP contribution in [0.1, 0.15) is 17.2 Å². The van der Waals surface area contributed by atoms with Gasteiger partial charge in [-0.1, -0.05) is 30.2 Å². The number of benzene rings is 1. The quantitative estimate of drug-likeness (QED) is 0.656. The third kappa shape index (κ3) is 4.06. The van der Waals surface area contributed by atoms with Gasteiger partial charge in [0.1, 0.15) is 6.33 Å². The first kappa shape index (κ1) is 15.9. The monoisotopic (exact) mass is 317 g/mol. The molecule has 120 valence electrons. The summed E-state index contributed by atoms with van der Waals surface area (Å²) in [5.41, 5.74) is 2.98. The van der Waals surface area contributed by atoms with Crippen LogP contribution >= 0.6 is 0 Å². The van der Waals surface area contributed by atoms with Gasteiger partial charge in [-0.05, 0) is 31.2 Å². The van der Waals surface area contributed by atoms with Crippen molar-refractivity contribution in [2.45, 2.75) is 20.0 Å². The van der Waals surface area contributed by atoms with E-state index in [0.717, 1.165) is 22.9 Å². The Balaban J connectivity index is 1.72. The zero-order valence-corrected chi connectivity index (χ0v) is 13.6. The molecule has 2 heterocycles. The molecule has 2 aromatic heterocycles. The third-order valence-corrected chi connectivity index (χ3v) is 3.57. The molecule has 0 unspecified atom stereocenters. The molecule has 3 aromatic rings. The molecule has 0 radical (unpaired) electrons. The lowest BCUT2D eigenvalue weighted by Crippen LogP contribution is -2.24. The third-order valence-electron chi connectivity index (χ3n) is 3.57. The van der Waals surface area contributed by atoms with Crippen LogP contribution in [-0.2, 0) is 13.1 Å². The maximum Gasteiger partial charge on any atom is 0.165 e. The van der Waals surface area contributed by atoms with Crippen LogP contribution in [0.5, 0.6) is 0 Å². The zero-order chi connectivity index (χ0) is 16.8. The first-order valence-corrected chi connectivity index (χ1v) is 7.79. The Morgan fingerprint density at radius 2 is 1.92 bits per heavy atom. The molecule has 0 saturated heterocycles. The Kier molecular flexibility index (Phi) is 4.99. The Morgan fingerprint density at radius 3 is 2.67 bits per heavy atom. The van der Waals surface area contributed by atoms with Crippen molar-refractivity contribution in [3.63, 3.8) is 0 Å². The van der Waals surface area contributed by atoms with E-state index in [2.05, 4.69) is 25.9 Å². The second-order valence-corrected chi connectivity index (χ2v) is 5.56. The summed E-state index contributed by atoms with van der Waals surface area (Å²) >= 11 is 0. The van der Waals surface area contributed by atoms with Gasteiger partial charge < -0.3 is 0 Å². The number of aromatic nitrogens is 4. The van der Waals surface area contributed by atoms with E-state index < -0.39 is 0 Å². The predicted molar refractivity (Wildman–Crippen MR) is 93.3 cm³/mol. The van der Waals surface area contributed by atoms with E-state index >= 15 is 0 Å². The van der Waals surface area contributed by atoms with Crippen LogP contribution in [0, 0.1) is 19.3 Å². The van der Waals surface area contributed by atoms with Crippen molar-refractivity contribution in [1.82, 2.24) is 24.6 Å². The van der Waals surface area contributed by atoms with E-state index in [1.165, 1.54) is 0 Å². The fraction of sp³-hybridized carbons (Fsp3) is 0.211. The van der Waals surface area contributed by atoms with E-state index in [1.807, 2.05) is 55.5 Å². The number of hydrogen-bond acceptors (Lipinski definition) is 4. The first-order chi connectivity index (χ1) is 11.7. The summed E-state index contributed by atoms with van der Waals surface area (Å²) < 4.78 is 1.77. The van der Waals surface area contributed by atoms with E-state index in [-0.39, 0.29) is 0 Å². The van der Waals surface area contributed by atoms with Gasteiger partial charge >= 0.3 is 0 Å². The van der Waals surface area contributed by atoms with E-state index in [1.54, 1.807) is 11.0 Å². The lowest BCUT2D eigenvalue weighted by Gasteiger charge is -2.17. The second kappa shape index (κ2) is 7.53. The molecular formula is C19H19N5. The van der Waals surface area contributed by atoms with Gasteiger partial charge in [0.05, 0.1) is 24.5 Å². The molecule has 0 aliphatic carbocycles. The number of aryl methyl sites for hydroxylation is 1. The summed E-state index contributed by atoms with van der Waals surface area (Å²) in [5.74, 6) is 3.43. The van der Waals surface area contributed by atoms with Gasteiger partial charge in [0.25, 0.3) is 0 Å². The minimum atomic E-state index is 0.523. The second-order valence-electron chi connectivity index (χ2n) is 5.56. The molecule has 0 N–H and O–H groups in total. The molecule has 0 saturated carbocycles. The molecular weight excluding hydrogens is 298 g/mol. The average molecular weight is 317 g/mol. The van der Waals surface area contributed by atoms with E-state index in [0.29, 0.717) is 19.6 Å². The Hall–Kier alpha value is -2.97. The van der Waals surface area contributed by atoms with Gasteiger partial charge in [-0.25, -0.2) is 9.67 Å². The minimum absolute atomic E-state index is 0.523. The summed E-state index contributed by atoms with van der Waals surface area (Å²) in [6.45, 7) is 3.76. The van der Waals surface area contributed by atoms with Crippen molar-refractivity contribution in [3.8, 4) is 18.0 Å². The van der Waals surface area contributed by atoms with Crippen molar-refractivity contribution in [2.75, 3.05) is 6.54 Å². The van der Waals surface area contributed by atoms with Gasteiger partial charge in [-0.2, -0.15) is 0 Å². The maximum absolute atomic E-state index is 5.50. The molecule has 5 heteroatoms. The number of hydrogen-bond donors (Lipinski definition) is 0. The zero-order valence-electron chi connectivity index (χ0n) is 13.6. The van der Waals surface area contributed by atoms with Gasteiger partial charge in [0.2, 0.25) is 0 Å². The summed E-state index contributed by atoms with van der Waals surface area (Å²) in [6, 6.07) is 15.9. The summed E-state index contributed by atoms with van der Waals surface area (Å²) in [4.78, 5) is 11.0. The number of nitrogens with zero attached hydrogens (tertiary/aromatic N) is 5. The highest BCUT2D eigenvalue weighted by molar-refractivity contribution is 5.29. The van der Waals surface area contributed by atoms with Gasteiger partial charge in [0.15, 0.2) is 5.82 Å². The number of pyridine rings is 1. The molecule has 0 spiro atoms. The van der Waals surface area contributed by atoms with Crippen molar-refractivity contribution in [1.29, 1.82) is 0 Å². The van der Waals surface area contributed by atoms with Gasteiger partial charge in [-0.3, -0.25) is 9.88 Å². The van der Waals surface area contributed by atoms with Crippen LogP contribution < -0.4 is 0 Å². The molecule has 0 amide bonds. The smallest absolute Gasteiger partial charge is 0.165 e. The van der Waals surface area contributed by atoms with Crippen molar-refractivity contribution >= 4 is 0 Å². The SMILES string of the molecule is C#CCN(Cc1cccc(C)n1)Cc1ncn(-c2ccccc2)n1. The summed E-state index contributed by atoms with van der Waals surface area (Å²) in [6.07, 6.45) is 7.23. The van der Waals surface area contributed by atoms with Crippen LogP contribution in [0.25, 0.3) is 5.69 Å². The van der Waals surface area contributed by atoms with Crippen LogP contribution in [0.4, 0.5) is 0 Å². The van der Waals surface area contributed by atoms with Crippen molar-refractivity contribution in [2.24, 2.45) is 0 Å². The highest BCUT2D eigenvalue weighted by Crippen LogP contribution is 2.09. The molecule has 0 aliphatic rings. The number of para-hydroxylation sites is 1. The average Bonchev–Trinajstić information content (AvgIpc) is 3.04. The molecule has 3 rings (SSSR count). The highest BCUT2D eigenvalue weighted by atomic mass is 15.3. The molecule has 24 heavy (non-hydrogen) atoms. The van der Waals surface area contributed by atoms with Crippen molar-refractivity contribution in [3.05, 3.63) is 72.1 Å². The highest BCUT2D eigenvalue weighted by Gasteiger charge is 2.11. The Bertz CT molecular complexity index is 832.